The number of para-hydroxylation sites is 1. The van der Waals surface area contributed by atoms with E-state index in [1.807, 2.05) is 0 Å². The molecule has 0 saturated carbocycles. The zero-order valence-electron chi connectivity index (χ0n) is 27.5. The number of aromatic nitrogens is 1. The quantitative estimate of drug-likeness (QED) is 0.102. The van der Waals surface area contributed by atoms with Crippen LogP contribution in [0.25, 0.3) is 10.9 Å². The van der Waals surface area contributed by atoms with Crippen LogP contribution in [0.5, 0.6) is 0 Å². The largest absolute Gasteiger partial charge is 1.00 e. The summed E-state index contributed by atoms with van der Waals surface area (Å²) < 4.78 is 172. The summed E-state index contributed by atoms with van der Waals surface area (Å²) in [6, 6.07) is 10.2. The zero-order chi connectivity index (χ0) is 37.9. The third-order valence-corrected chi connectivity index (χ3v) is 10.2. The predicted molar refractivity (Wildman–Crippen MR) is 166 cm³/mol. The Kier molecular flexibility index (Phi) is 11.1. The molecule has 53 heavy (non-hydrogen) atoms. The smallest absolute Gasteiger partial charge is 0.416 e. The van der Waals surface area contributed by atoms with E-state index in [9.17, 15) is 52.7 Å². The molecule has 0 N–H and O–H groups in total. The maximum Gasteiger partial charge on any atom is 0.416 e. The monoisotopic (exact) mass is 826 g/mol. The van der Waals surface area contributed by atoms with Gasteiger partial charge in [0, 0.05) is 35.9 Å². The summed E-state index contributed by atoms with van der Waals surface area (Å²) in [6.07, 6.45) is -17.5. The molecular formula is C37H31BrF12N2O. The molecule has 7 rings (SSSR count). The van der Waals surface area contributed by atoms with Crippen molar-refractivity contribution >= 4 is 10.9 Å². The van der Waals surface area contributed by atoms with Crippen molar-refractivity contribution in [2.24, 2.45) is 11.8 Å². The molecule has 3 aliphatic heterocycles. The van der Waals surface area contributed by atoms with Crippen LogP contribution in [0.3, 0.4) is 0 Å². The summed E-state index contributed by atoms with van der Waals surface area (Å²) in [7, 11) is 0. The number of fused-ring (bicyclic) bond motifs is 4. The lowest BCUT2D eigenvalue weighted by molar-refractivity contribution is -0.985. The first-order chi connectivity index (χ1) is 24.2. The van der Waals surface area contributed by atoms with Crippen molar-refractivity contribution < 1.29 is 78.9 Å². The number of quaternary nitrogens is 1. The lowest BCUT2D eigenvalue weighted by Crippen LogP contribution is -3.00. The summed E-state index contributed by atoms with van der Waals surface area (Å²) in [5, 5.41) is 0.550. The number of pyridine rings is 1. The minimum absolute atomic E-state index is 0. The Balaban J connectivity index is 0.00000541. The van der Waals surface area contributed by atoms with Crippen LogP contribution in [0.4, 0.5) is 52.7 Å². The van der Waals surface area contributed by atoms with Crippen LogP contribution < -0.4 is 17.0 Å². The number of benzene rings is 3. The maximum absolute atomic E-state index is 13.9. The summed E-state index contributed by atoms with van der Waals surface area (Å²) in [5.41, 5.74) is -5.71. The second-order valence-corrected chi connectivity index (χ2v) is 13.5. The molecule has 0 radical (unpaired) electrons. The Bertz CT molecular complexity index is 1890. The lowest BCUT2D eigenvalue weighted by atomic mass is 9.71. The van der Waals surface area contributed by atoms with Crippen LogP contribution in [0.15, 0.2) is 85.6 Å². The van der Waals surface area contributed by atoms with Gasteiger partial charge in [0.15, 0.2) is 0 Å². The summed E-state index contributed by atoms with van der Waals surface area (Å²) >= 11 is 0. The average Bonchev–Trinajstić information content (AvgIpc) is 3.07. The highest BCUT2D eigenvalue weighted by Gasteiger charge is 2.55. The fraction of sp³-hybridized carbons (Fsp3) is 0.378. The van der Waals surface area contributed by atoms with Crippen molar-refractivity contribution in [1.29, 1.82) is 0 Å². The molecule has 0 spiro atoms. The number of nitrogens with zero attached hydrogens (tertiary/aromatic N) is 2. The van der Waals surface area contributed by atoms with Crippen molar-refractivity contribution in [1.82, 2.24) is 4.98 Å². The van der Waals surface area contributed by atoms with E-state index < -0.39 is 71.3 Å². The molecular weight excluding hydrogens is 796 g/mol. The highest BCUT2D eigenvalue weighted by atomic mass is 79.9. The highest BCUT2D eigenvalue weighted by molar-refractivity contribution is 5.82. The molecule has 1 aromatic heterocycles. The van der Waals surface area contributed by atoms with Crippen molar-refractivity contribution in [3.05, 3.63) is 125 Å². The van der Waals surface area contributed by atoms with E-state index in [1.54, 1.807) is 36.4 Å². The van der Waals surface area contributed by atoms with Gasteiger partial charge < -0.3 is 26.2 Å². The molecule has 1 unspecified atom stereocenters. The number of alkyl halides is 12. The minimum atomic E-state index is -5.11. The van der Waals surface area contributed by atoms with Gasteiger partial charge in [-0.3, -0.25) is 4.98 Å². The molecule has 3 saturated heterocycles. The van der Waals surface area contributed by atoms with Crippen molar-refractivity contribution in [2.45, 2.75) is 62.8 Å². The van der Waals surface area contributed by atoms with Gasteiger partial charge >= 0.3 is 24.7 Å². The Morgan fingerprint density at radius 3 is 1.81 bits per heavy atom. The van der Waals surface area contributed by atoms with E-state index >= 15 is 0 Å². The molecule has 16 heteroatoms. The van der Waals surface area contributed by atoms with Crippen LogP contribution in [0.1, 0.15) is 57.9 Å². The predicted octanol–water partition coefficient (Wildman–Crippen LogP) is 8.18. The van der Waals surface area contributed by atoms with Gasteiger partial charge in [-0.2, -0.15) is 52.7 Å². The standard InChI is InChI=1S/C37H31F12N2O.BrH/c1-2-23-19-51(18-21-11-25(34(38,39)40)16-26(12-21)35(41,42)43)10-8-24(23)15-32(51)33(30-7-9-50-31-6-4-3-5-29(30)31)52-20-22-13-27(36(44,45)46)17-28(14-22)37(47,48)49;/h2-7,9,11-14,16-17,23-24,32-33H,1,8,10,15,18-20H2;1H/q+1;/p-1/t23-,24-,32+,33-,51?;/m0./s1. The number of halogens is 13. The van der Waals surface area contributed by atoms with E-state index in [0.717, 1.165) is 0 Å². The third kappa shape index (κ3) is 8.54. The SMILES string of the molecule is C=C[C@H]1C[N+]2(Cc3cc(C(F)(F)F)cc(C(F)(F)F)c3)CC[C@H]1C[C@@H]2[C@@H](OCc1cc(C(F)(F)F)cc(C(F)(F)F)c1)c1ccnc2ccccc12.[Br-]. The Labute approximate surface area is 306 Å². The summed E-state index contributed by atoms with van der Waals surface area (Å²) in [5.74, 6) is -0.204. The Morgan fingerprint density at radius 2 is 1.28 bits per heavy atom. The van der Waals surface area contributed by atoms with Crippen molar-refractivity contribution in [2.75, 3.05) is 13.1 Å². The molecule has 3 aliphatic rings. The number of hydrogen-bond donors (Lipinski definition) is 0. The maximum atomic E-state index is 13.9. The first kappa shape index (κ1) is 40.6. The molecule has 0 amide bonds. The zero-order valence-corrected chi connectivity index (χ0v) is 29.1. The average molecular weight is 828 g/mol. The van der Waals surface area contributed by atoms with Gasteiger partial charge in [-0.15, -0.1) is 6.58 Å². The van der Waals surface area contributed by atoms with Gasteiger partial charge in [0.25, 0.3) is 0 Å². The number of piperidine rings is 3. The molecule has 2 bridgehead atoms. The van der Waals surface area contributed by atoms with Gasteiger partial charge in [0.2, 0.25) is 0 Å². The second kappa shape index (κ2) is 14.5. The molecule has 4 heterocycles. The minimum Gasteiger partial charge on any atom is -1.00 e. The molecule has 5 atom stereocenters. The van der Waals surface area contributed by atoms with Gasteiger partial charge in [-0.1, -0.05) is 24.3 Å². The van der Waals surface area contributed by atoms with E-state index in [0.29, 0.717) is 60.1 Å². The summed E-state index contributed by atoms with van der Waals surface area (Å²) in [6.45, 7) is 3.45. The lowest BCUT2D eigenvalue weighted by Gasteiger charge is -2.58. The van der Waals surface area contributed by atoms with Crippen LogP contribution >= 0.6 is 0 Å². The van der Waals surface area contributed by atoms with Crippen LogP contribution in [0, 0.1) is 11.8 Å². The first-order valence-corrected chi connectivity index (χ1v) is 16.2. The normalized spacial score (nSPS) is 22.8. The van der Waals surface area contributed by atoms with Gasteiger partial charge in [-0.25, -0.2) is 0 Å². The number of hydrogen-bond acceptors (Lipinski definition) is 2. The molecule has 0 aliphatic carbocycles. The summed E-state index contributed by atoms with van der Waals surface area (Å²) in [4.78, 5) is 4.35. The van der Waals surface area contributed by atoms with Crippen molar-refractivity contribution in [3.8, 4) is 0 Å². The topological polar surface area (TPSA) is 22.1 Å². The second-order valence-electron chi connectivity index (χ2n) is 13.5. The molecule has 286 valence electrons. The Morgan fingerprint density at radius 1 is 0.755 bits per heavy atom. The van der Waals surface area contributed by atoms with Gasteiger partial charge in [0.1, 0.15) is 18.7 Å². The van der Waals surface area contributed by atoms with Crippen LogP contribution in [0.2, 0.25) is 0 Å². The van der Waals surface area contributed by atoms with Crippen LogP contribution in [-0.2, 0) is 42.6 Å². The highest BCUT2D eigenvalue weighted by Crippen LogP contribution is 2.50. The van der Waals surface area contributed by atoms with Crippen LogP contribution in [-0.4, -0.2) is 28.6 Å². The molecule has 3 nitrogen and oxygen atoms in total. The molecule has 3 fully saturated rings. The van der Waals surface area contributed by atoms with Gasteiger partial charge in [0.05, 0.1) is 47.5 Å². The fourth-order valence-electron chi connectivity index (χ4n) is 7.90. The van der Waals surface area contributed by atoms with E-state index in [2.05, 4.69) is 11.6 Å². The number of ether oxygens (including phenoxy) is 1. The van der Waals surface area contributed by atoms with Crippen molar-refractivity contribution in [3.63, 3.8) is 0 Å². The Hall–Kier alpha value is -3.63. The van der Waals surface area contributed by atoms with E-state index in [1.165, 1.54) is 6.20 Å². The number of rotatable bonds is 8. The van der Waals surface area contributed by atoms with Gasteiger partial charge in [-0.05, 0) is 65.6 Å². The van der Waals surface area contributed by atoms with E-state index in [4.69, 9.17) is 4.74 Å². The third-order valence-electron chi connectivity index (χ3n) is 10.2. The van der Waals surface area contributed by atoms with E-state index in [-0.39, 0.29) is 64.1 Å². The molecule has 4 aromatic rings. The fourth-order valence-corrected chi connectivity index (χ4v) is 7.90. The first-order valence-electron chi connectivity index (χ1n) is 16.2. The molecule has 3 aromatic carbocycles.